The minimum atomic E-state index is -0.838. The topological polar surface area (TPSA) is 80.3 Å². The SMILES string of the molecule is CC(C)C1=CC2=CCC3[C@](C)(CCC[C@]3(C)C(=O)[O-])[C@@H]2CC1.CC(C)C1=CC2=CCC3[C@](C)(CCC[C@]3(C)C(=O)[O-])[C@@H]2CC1.[Ba+2]. The minimum absolute atomic E-state index is 0. The summed E-state index contributed by atoms with van der Waals surface area (Å²) in [6, 6.07) is 0. The number of hydrogen-bond donors (Lipinski definition) is 0. The molecule has 0 bridgehead atoms. The summed E-state index contributed by atoms with van der Waals surface area (Å²) in [5.41, 5.74) is 5.01. The molecule has 6 aliphatic rings. The summed E-state index contributed by atoms with van der Waals surface area (Å²) in [4.78, 5) is 23.7. The third kappa shape index (κ3) is 6.47. The molecule has 0 aromatic rings. The molecule has 45 heavy (non-hydrogen) atoms. The Hall–Kier alpha value is -0.529. The van der Waals surface area contributed by atoms with Gasteiger partial charge in [-0.3, -0.25) is 0 Å². The molecule has 0 aromatic carbocycles. The van der Waals surface area contributed by atoms with Crippen LogP contribution in [0.3, 0.4) is 0 Å². The van der Waals surface area contributed by atoms with Crippen molar-refractivity contribution in [2.75, 3.05) is 0 Å². The predicted molar refractivity (Wildman–Crippen MR) is 180 cm³/mol. The number of carboxylic acids is 2. The molecule has 0 radical (unpaired) electrons. The summed E-state index contributed by atoms with van der Waals surface area (Å²) in [6.07, 6.45) is 21.9. The van der Waals surface area contributed by atoms with Crippen molar-refractivity contribution in [2.45, 2.75) is 132 Å². The molecule has 2 saturated carbocycles. The zero-order valence-electron chi connectivity index (χ0n) is 29.6. The van der Waals surface area contributed by atoms with Gasteiger partial charge in [0.15, 0.2) is 0 Å². The molecule has 0 heterocycles. The molecular formula is C40H58BaO4. The molecule has 0 aliphatic heterocycles. The predicted octanol–water partition coefficient (Wildman–Crippen LogP) is 7.36. The number of allylic oxidation sites excluding steroid dienone is 8. The monoisotopic (exact) mass is 740 g/mol. The number of hydrogen-bond acceptors (Lipinski definition) is 4. The van der Waals surface area contributed by atoms with E-state index < -0.39 is 22.8 Å². The second kappa shape index (κ2) is 13.8. The summed E-state index contributed by atoms with van der Waals surface area (Å²) >= 11 is 0. The molecule has 8 atom stereocenters. The van der Waals surface area contributed by atoms with Crippen LogP contribution in [0, 0.1) is 57.2 Å². The molecule has 0 saturated heterocycles. The van der Waals surface area contributed by atoms with Crippen molar-refractivity contribution in [3.63, 3.8) is 0 Å². The van der Waals surface area contributed by atoms with Crippen LogP contribution in [0.5, 0.6) is 0 Å². The van der Waals surface area contributed by atoms with E-state index in [9.17, 15) is 19.8 Å². The van der Waals surface area contributed by atoms with Gasteiger partial charge in [0, 0.05) is 22.8 Å². The smallest absolute Gasteiger partial charge is 0.550 e. The maximum absolute atomic E-state index is 11.8. The van der Waals surface area contributed by atoms with Crippen LogP contribution in [-0.2, 0) is 9.59 Å². The number of carbonyl (C=O) groups is 2. The third-order valence-electron chi connectivity index (χ3n) is 14.1. The van der Waals surface area contributed by atoms with Crippen LogP contribution in [-0.4, -0.2) is 60.8 Å². The van der Waals surface area contributed by atoms with Gasteiger partial charge in [-0.15, -0.1) is 0 Å². The van der Waals surface area contributed by atoms with E-state index in [4.69, 9.17) is 0 Å². The number of carbonyl (C=O) groups excluding carboxylic acids is 2. The van der Waals surface area contributed by atoms with Crippen LogP contribution in [0.1, 0.15) is 132 Å². The molecule has 5 heteroatoms. The maximum Gasteiger partial charge on any atom is 2.00 e. The molecule has 0 amide bonds. The van der Waals surface area contributed by atoms with Crippen molar-refractivity contribution < 1.29 is 19.8 Å². The molecule has 0 spiro atoms. The number of carboxylic acid groups (broad SMARTS) is 2. The van der Waals surface area contributed by atoms with Gasteiger partial charge in [0.05, 0.1) is 0 Å². The molecular weight excluding hydrogens is 682 g/mol. The minimum Gasteiger partial charge on any atom is -0.550 e. The van der Waals surface area contributed by atoms with Crippen LogP contribution in [0.25, 0.3) is 0 Å². The van der Waals surface area contributed by atoms with Gasteiger partial charge in [-0.05, 0) is 122 Å². The zero-order valence-corrected chi connectivity index (χ0v) is 34.0. The average Bonchev–Trinajstić information content (AvgIpc) is 2.96. The second-order valence-electron chi connectivity index (χ2n) is 17.0. The van der Waals surface area contributed by atoms with Crippen molar-refractivity contribution in [1.82, 2.24) is 0 Å². The van der Waals surface area contributed by atoms with E-state index >= 15 is 0 Å². The zero-order chi connectivity index (χ0) is 32.2. The molecule has 6 aliphatic carbocycles. The van der Waals surface area contributed by atoms with E-state index in [0.717, 1.165) is 51.4 Å². The fourth-order valence-corrected chi connectivity index (χ4v) is 11.2. The number of aliphatic carboxylic acids is 2. The van der Waals surface area contributed by atoms with E-state index in [1.54, 1.807) is 11.1 Å². The summed E-state index contributed by atoms with van der Waals surface area (Å²) in [6.45, 7) is 17.7. The van der Waals surface area contributed by atoms with E-state index in [1.165, 1.54) is 36.8 Å². The van der Waals surface area contributed by atoms with Gasteiger partial charge in [-0.25, -0.2) is 0 Å². The van der Waals surface area contributed by atoms with Crippen molar-refractivity contribution in [3.8, 4) is 0 Å². The summed E-state index contributed by atoms with van der Waals surface area (Å²) < 4.78 is 0. The first-order chi connectivity index (χ1) is 20.6. The van der Waals surface area contributed by atoms with Gasteiger partial charge in [0.1, 0.15) is 0 Å². The first-order valence-corrected chi connectivity index (χ1v) is 17.8. The Morgan fingerprint density at radius 2 is 1.02 bits per heavy atom. The fraction of sp³-hybridized carbons (Fsp3) is 0.750. The Morgan fingerprint density at radius 3 is 1.33 bits per heavy atom. The van der Waals surface area contributed by atoms with Crippen molar-refractivity contribution in [3.05, 3.63) is 46.6 Å². The normalized spacial score (nSPS) is 40.4. The van der Waals surface area contributed by atoms with Gasteiger partial charge < -0.3 is 19.8 Å². The first kappa shape index (κ1) is 37.3. The Morgan fingerprint density at radius 1 is 0.667 bits per heavy atom. The van der Waals surface area contributed by atoms with Crippen LogP contribution in [0.2, 0.25) is 0 Å². The molecule has 6 rings (SSSR count). The summed E-state index contributed by atoms with van der Waals surface area (Å²) in [7, 11) is 0. The quantitative estimate of drug-likeness (QED) is 0.283. The van der Waals surface area contributed by atoms with Crippen molar-refractivity contribution in [1.29, 1.82) is 0 Å². The Bertz CT molecular complexity index is 1190. The standard InChI is InChI=1S/2C20H30O2.Ba/c2*1-13(2)14-6-8-16-15(12-14)7-9-17-19(16,3)10-5-11-20(17,4)18(21)22;/h2*7,12-13,16-17H,5-6,8-11H2,1-4H3,(H,21,22);/q;;+2/p-2/t2*16-,17?,19-,20+;/m11./s1. The van der Waals surface area contributed by atoms with E-state index in [0.29, 0.717) is 23.7 Å². The van der Waals surface area contributed by atoms with E-state index in [-0.39, 0.29) is 71.5 Å². The van der Waals surface area contributed by atoms with Gasteiger partial charge >= 0.3 is 48.9 Å². The van der Waals surface area contributed by atoms with E-state index in [1.807, 2.05) is 13.8 Å². The third-order valence-corrected chi connectivity index (χ3v) is 14.1. The average molecular weight is 740 g/mol. The van der Waals surface area contributed by atoms with Crippen molar-refractivity contribution in [2.24, 2.45) is 57.2 Å². The fourth-order valence-electron chi connectivity index (χ4n) is 11.2. The molecule has 0 N–H and O–H groups in total. The molecule has 4 nitrogen and oxygen atoms in total. The Labute approximate surface area is 314 Å². The largest absolute Gasteiger partial charge is 2.00 e. The van der Waals surface area contributed by atoms with E-state index in [2.05, 4.69) is 65.8 Å². The van der Waals surface area contributed by atoms with Crippen LogP contribution < -0.4 is 10.2 Å². The molecule has 2 fully saturated rings. The summed E-state index contributed by atoms with van der Waals surface area (Å²) in [5, 5.41) is 23.7. The van der Waals surface area contributed by atoms with Gasteiger partial charge in [-0.1, -0.05) is 104 Å². The van der Waals surface area contributed by atoms with Crippen LogP contribution >= 0.6 is 0 Å². The summed E-state index contributed by atoms with van der Waals surface area (Å²) in [5.74, 6) is 1.08. The number of fused-ring (bicyclic) bond motifs is 6. The van der Waals surface area contributed by atoms with Crippen LogP contribution in [0.15, 0.2) is 46.6 Å². The second-order valence-corrected chi connectivity index (χ2v) is 17.0. The molecule has 2 unspecified atom stereocenters. The van der Waals surface area contributed by atoms with Gasteiger partial charge in [0.25, 0.3) is 0 Å². The maximum atomic E-state index is 11.8. The Kier molecular flexibility index (Phi) is 11.4. The molecule has 244 valence electrons. The van der Waals surface area contributed by atoms with Gasteiger partial charge in [-0.2, -0.15) is 0 Å². The Balaban J connectivity index is 0.000000200. The van der Waals surface area contributed by atoms with Gasteiger partial charge in [0.2, 0.25) is 0 Å². The van der Waals surface area contributed by atoms with Crippen molar-refractivity contribution >= 4 is 60.8 Å². The number of rotatable bonds is 4. The molecule has 0 aromatic heterocycles. The first-order valence-electron chi connectivity index (χ1n) is 17.8. The van der Waals surface area contributed by atoms with Crippen LogP contribution in [0.4, 0.5) is 0 Å².